The second-order valence-corrected chi connectivity index (χ2v) is 5.67. The second kappa shape index (κ2) is 2.87. The van der Waals surface area contributed by atoms with Crippen LogP contribution in [0.3, 0.4) is 0 Å². The monoisotopic (exact) mass is 201 g/mol. The molecular weight excluding hydrogens is 182 g/mol. The first-order chi connectivity index (χ1) is 5.66. The summed E-state index contributed by atoms with van der Waals surface area (Å²) in [6, 6.07) is 0. The molecule has 0 heterocycles. The zero-order chi connectivity index (χ0) is 8.34. The molecule has 0 aromatic heterocycles. The highest BCUT2D eigenvalue weighted by molar-refractivity contribution is 5.85. The maximum Gasteiger partial charge on any atom is 0.0183 e. The topological polar surface area (TPSA) is 26.0 Å². The van der Waals surface area contributed by atoms with Gasteiger partial charge < -0.3 is 5.73 Å². The van der Waals surface area contributed by atoms with Gasteiger partial charge in [-0.1, -0.05) is 0 Å². The lowest BCUT2D eigenvalue weighted by Crippen LogP contribution is -2.60. The van der Waals surface area contributed by atoms with E-state index in [9.17, 15) is 0 Å². The molecule has 13 heavy (non-hydrogen) atoms. The van der Waals surface area contributed by atoms with Gasteiger partial charge in [-0.3, -0.25) is 0 Å². The molecule has 0 aliphatic heterocycles. The van der Waals surface area contributed by atoms with Crippen LogP contribution in [0.1, 0.15) is 39.0 Å². The number of rotatable bonds is 0. The van der Waals surface area contributed by atoms with Gasteiger partial charge in [0.25, 0.3) is 0 Å². The summed E-state index contributed by atoms with van der Waals surface area (Å²) in [5, 5.41) is 0. The lowest BCUT2D eigenvalue weighted by molar-refractivity contribution is -0.0464. The van der Waals surface area contributed by atoms with Gasteiger partial charge in [-0.2, -0.15) is 0 Å². The average Bonchev–Trinajstić information content (AvgIpc) is 1.99. The summed E-state index contributed by atoms with van der Waals surface area (Å²) in [6.07, 6.45) is 7.31. The Kier molecular flexibility index (Phi) is 2.16. The van der Waals surface area contributed by atoms with Gasteiger partial charge in [0.1, 0.15) is 0 Å². The van der Waals surface area contributed by atoms with Crippen molar-refractivity contribution in [2.45, 2.75) is 44.6 Å². The van der Waals surface area contributed by atoms with E-state index in [0.717, 1.165) is 23.7 Å². The maximum atomic E-state index is 6.41. The van der Waals surface area contributed by atoms with E-state index in [0.29, 0.717) is 0 Å². The first-order valence-electron chi connectivity index (χ1n) is 5.45. The normalized spacial score (nSPS) is 57.7. The van der Waals surface area contributed by atoms with Crippen molar-refractivity contribution in [3.63, 3.8) is 0 Å². The summed E-state index contributed by atoms with van der Waals surface area (Å²) in [5.74, 6) is 3.86. The molecule has 1 nitrogen and oxygen atoms in total. The Labute approximate surface area is 86.9 Å². The van der Waals surface area contributed by atoms with Crippen molar-refractivity contribution in [3.05, 3.63) is 0 Å². The molecule has 0 aromatic rings. The minimum absolute atomic E-state index is 0. The second-order valence-electron chi connectivity index (χ2n) is 5.67. The van der Waals surface area contributed by atoms with E-state index in [4.69, 9.17) is 5.73 Å². The van der Waals surface area contributed by atoms with Crippen LogP contribution in [0.4, 0.5) is 0 Å². The smallest absolute Gasteiger partial charge is 0.0183 e. The molecule has 4 saturated carbocycles. The predicted molar refractivity (Wildman–Crippen MR) is 56.9 cm³/mol. The summed E-state index contributed by atoms with van der Waals surface area (Å²) in [4.78, 5) is 0. The van der Waals surface area contributed by atoms with Crippen LogP contribution >= 0.6 is 12.4 Å². The minimum atomic E-state index is 0. The van der Waals surface area contributed by atoms with E-state index in [-0.39, 0.29) is 17.9 Å². The standard InChI is InChI=1S/C11H19N.ClH/c1-11(12)9-3-7-2-8(5-9)6-10(11)4-7;/h7-10H,2-6,12H2,1H3;1H. The fourth-order valence-corrected chi connectivity index (χ4v) is 4.20. The molecule has 4 rings (SSSR count). The van der Waals surface area contributed by atoms with E-state index in [1.165, 1.54) is 32.1 Å². The van der Waals surface area contributed by atoms with Crippen LogP contribution in [-0.2, 0) is 0 Å². The van der Waals surface area contributed by atoms with Crippen LogP contribution in [0.25, 0.3) is 0 Å². The number of halogens is 1. The van der Waals surface area contributed by atoms with Crippen LogP contribution in [0.2, 0.25) is 0 Å². The van der Waals surface area contributed by atoms with E-state index < -0.39 is 0 Å². The van der Waals surface area contributed by atoms with Gasteiger partial charge in [-0.05, 0) is 62.7 Å². The van der Waals surface area contributed by atoms with Gasteiger partial charge in [0, 0.05) is 5.54 Å². The maximum absolute atomic E-state index is 6.41. The number of hydrogen-bond donors (Lipinski definition) is 1. The molecule has 0 atom stereocenters. The molecule has 4 fully saturated rings. The van der Waals surface area contributed by atoms with Crippen molar-refractivity contribution in [2.75, 3.05) is 0 Å². The molecule has 2 N–H and O–H groups in total. The Morgan fingerprint density at radius 2 is 1.31 bits per heavy atom. The van der Waals surface area contributed by atoms with Crippen LogP contribution in [0.15, 0.2) is 0 Å². The number of nitrogens with two attached hydrogens (primary N) is 1. The van der Waals surface area contributed by atoms with Crippen molar-refractivity contribution in [2.24, 2.45) is 29.4 Å². The number of hydrogen-bond acceptors (Lipinski definition) is 1. The third-order valence-corrected chi connectivity index (χ3v) is 4.90. The molecule has 0 spiro atoms. The van der Waals surface area contributed by atoms with Gasteiger partial charge in [0.2, 0.25) is 0 Å². The summed E-state index contributed by atoms with van der Waals surface area (Å²) < 4.78 is 0. The largest absolute Gasteiger partial charge is 0.325 e. The lowest BCUT2D eigenvalue weighted by Gasteiger charge is -2.58. The van der Waals surface area contributed by atoms with Gasteiger partial charge in [0.15, 0.2) is 0 Å². The Balaban J connectivity index is 0.000000653. The highest BCUT2D eigenvalue weighted by atomic mass is 35.5. The molecule has 0 saturated heterocycles. The SMILES string of the molecule is CC1(N)C2CC3CC(C2)CC1C3.Cl. The third kappa shape index (κ3) is 1.24. The third-order valence-electron chi connectivity index (χ3n) is 4.90. The molecule has 4 bridgehead atoms. The molecule has 4 aliphatic rings. The van der Waals surface area contributed by atoms with Crippen molar-refractivity contribution < 1.29 is 0 Å². The van der Waals surface area contributed by atoms with Crippen LogP contribution in [0, 0.1) is 23.7 Å². The first-order valence-corrected chi connectivity index (χ1v) is 5.45. The van der Waals surface area contributed by atoms with Crippen molar-refractivity contribution in [3.8, 4) is 0 Å². The Morgan fingerprint density at radius 3 is 1.69 bits per heavy atom. The van der Waals surface area contributed by atoms with Gasteiger partial charge >= 0.3 is 0 Å². The summed E-state index contributed by atoms with van der Waals surface area (Å²) >= 11 is 0. The summed E-state index contributed by atoms with van der Waals surface area (Å²) in [5.41, 5.74) is 6.61. The Hall–Kier alpha value is 0.250. The van der Waals surface area contributed by atoms with E-state index >= 15 is 0 Å². The summed E-state index contributed by atoms with van der Waals surface area (Å²) in [7, 11) is 0. The van der Waals surface area contributed by atoms with Crippen LogP contribution < -0.4 is 5.73 Å². The van der Waals surface area contributed by atoms with Gasteiger partial charge in [-0.25, -0.2) is 0 Å². The molecule has 2 heteroatoms. The highest BCUT2D eigenvalue weighted by Gasteiger charge is 2.52. The van der Waals surface area contributed by atoms with Crippen molar-refractivity contribution in [1.82, 2.24) is 0 Å². The van der Waals surface area contributed by atoms with Crippen LogP contribution in [-0.4, -0.2) is 5.54 Å². The molecule has 0 aromatic carbocycles. The fraction of sp³-hybridized carbons (Fsp3) is 1.00. The zero-order valence-corrected chi connectivity index (χ0v) is 9.15. The highest BCUT2D eigenvalue weighted by Crippen LogP contribution is 2.57. The average molecular weight is 202 g/mol. The van der Waals surface area contributed by atoms with Crippen molar-refractivity contribution in [1.29, 1.82) is 0 Å². The Bertz CT molecular complexity index is 182. The molecule has 4 aliphatic carbocycles. The van der Waals surface area contributed by atoms with Gasteiger partial charge in [-0.15, -0.1) is 12.4 Å². The zero-order valence-electron chi connectivity index (χ0n) is 8.33. The minimum Gasteiger partial charge on any atom is -0.325 e. The predicted octanol–water partition coefficient (Wildman–Crippen LogP) is 2.58. The first kappa shape index (κ1) is 9.79. The van der Waals surface area contributed by atoms with Crippen LogP contribution in [0.5, 0.6) is 0 Å². The molecule has 0 unspecified atom stereocenters. The molecule has 76 valence electrons. The molecule has 0 amide bonds. The van der Waals surface area contributed by atoms with E-state index in [2.05, 4.69) is 6.92 Å². The van der Waals surface area contributed by atoms with E-state index in [1.54, 1.807) is 0 Å². The lowest BCUT2D eigenvalue weighted by atomic mass is 9.49. The van der Waals surface area contributed by atoms with Crippen molar-refractivity contribution >= 4 is 12.4 Å². The van der Waals surface area contributed by atoms with E-state index in [1.807, 2.05) is 0 Å². The molecule has 0 radical (unpaired) electrons. The summed E-state index contributed by atoms with van der Waals surface area (Å²) in [6.45, 7) is 2.31. The fourth-order valence-electron chi connectivity index (χ4n) is 4.20. The Morgan fingerprint density at radius 1 is 0.923 bits per heavy atom. The molecular formula is C11H20ClN. The quantitative estimate of drug-likeness (QED) is 0.641. The van der Waals surface area contributed by atoms with Gasteiger partial charge in [0.05, 0.1) is 0 Å².